The van der Waals surface area contributed by atoms with Gasteiger partial charge >= 0.3 is 59.7 Å². The molecule has 0 unspecified atom stereocenters. The van der Waals surface area contributed by atoms with E-state index in [1.165, 1.54) is 0 Å². The molecular formula is C35H52O27. The van der Waals surface area contributed by atoms with Crippen LogP contribution in [0.5, 0.6) is 0 Å². The maximum atomic E-state index is 9.87. The standard InChI is InChI=1S/C10H22O7.5C5H6O4/c11-1-9(2-12,3-13)7-17-8-10(4-14,5-15)6-16;5*1-3(5(8)9)2-4(6)7/h11-16H,1-8H2;5*1-2H2,(H,6,7)(H,8,9). The third-order valence-electron chi connectivity index (χ3n) is 6.16. The number of aliphatic hydroxyl groups is 6. The molecule has 0 atom stereocenters. The van der Waals surface area contributed by atoms with Gasteiger partial charge in [0.05, 0.1) is 95.8 Å². The molecule has 0 amide bonds. The molecule has 0 heterocycles. The molecule has 0 fully saturated rings. The van der Waals surface area contributed by atoms with E-state index >= 15 is 0 Å². The van der Waals surface area contributed by atoms with Crippen molar-refractivity contribution in [2.45, 2.75) is 32.1 Å². The number of aliphatic carboxylic acids is 10. The molecule has 0 aliphatic rings. The molecule has 27 nitrogen and oxygen atoms in total. The van der Waals surface area contributed by atoms with Crippen LogP contribution >= 0.6 is 0 Å². The fourth-order valence-electron chi connectivity index (χ4n) is 2.35. The van der Waals surface area contributed by atoms with Crippen LogP contribution in [-0.4, -0.2) is 194 Å². The van der Waals surface area contributed by atoms with Crippen LogP contribution in [0.1, 0.15) is 32.1 Å². The summed E-state index contributed by atoms with van der Waals surface area (Å²) < 4.78 is 5.15. The quantitative estimate of drug-likeness (QED) is 0.0419. The molecule has 62 heavy (non-hydrogen) atoms. The average Bonchev–Trinajstić information content (AvgIpc) is 3.15. The van der Waals surface area contributed by atoms with Crippen LogP contribution in [0, 0.1) is 10.8 Å². The Kier molecular flexibility index (Phi) is 40.1. The highest BCUT2D eigenvalue weighted by molar-refractivity contribution is 5.93. The van der Waals surface area contributed by atoms with Gasteiger partial charge in [0.25, 0.3) is 0 Å². The van der Waals surface area contributed by atoms with Crippen molar-refractivity contribution in [3.8, 4) is 0 Å². The third kappa shape index (κ3) is 41.3. The second-order valence-corrected chi connectivity index (χ2v) is 11.8. The Morgan fingerprint density at radius 3 is 0.500 bits per heavy atom. The number of hydrogen-bond acceptors (Lipinski definition) is 17. The summed E-state index contributed by atoms with van der Waals surface area (Å²) in [7, 11) is 0. The van der Waals surface area contributed by atoms with Gasteiger partial charge in [-0.3, -0.25) is 24.0 Å². The zero-order valence-electron chi connectivity index (χ0n) is 32.9. The van der Waals surface area contributed by atoms with Gasteiger partial charge in [-0.05, 0) is 0 Å². The van der Waals surface area contributed by atoms with E-state index in [1.807, 2.05) is 0 Å². The van der Waals surface area contributed by atoms with Crippen LogP contribution in [0.15, 0.2) is 60.8 Å². The largest absolute Gasteiger partial charge is 0.481 e. The number of carboxylic acids is 10. The lowest BCUT2D eigenvalue weighted by Crippen LogP contribution is -2.43. The van der Waals surface area contributed by atoms with E-state index in [-0.39, 0.29) is 41.1 Å². The average molecular weight is 905 g/mol. The predicted octanol–water partition coefficient (Wildman–Crippen LogP) is -2.56. The fourth-order valence-corrected chi connectivity index (χ4v) is 2.35. The molecule has 0 saturated carbocycles. The maximum Gasteiger partial charge on any atom is 0.331 e. The molecule has 0 aliphatic heterocycles. The summed E-state index contributed by atoms with van der Waals surface area (Å²) in [6, 6.07) is 0. The molecule has 0 aromatic rings. The Hall–Kier alpha value is -6.88. The van der Waals surface area contributed by atoms with Gasteiger partial charge in [0.2, 0.25) is 0 Å². The van der Waals surface area contributed by atoms with Crippen molar-refractivity contribution >= 4 is 59.7 Å². The molecule has 0 bridgehead atoms. The Labute approximate surface area is 350 Å². The van der Waals surface area contributed by atoms with Crippen molar-refractivity contribution in [3.05, 3.63) is 60.8 Å². The third-order valence-corrected chi connectivity index (χ3v) is 6.16. The van der Waals surface area contributed by atoms with Gasteiger partial charge < -0.3 is 86.4 Å². The van der Waals surface area contributed by atoms with Crippen LogP contribution in [0.4, 0.5) is 0 Å². The summed E-state index contributed by atoms with van der Waals surface area (Å²) in [4.78, 5) is 98.3. The monoisotopic (exact) mass is 904 g/mol. The van der Waals surface area contributed by atoms with Crippen molar-refractivity contribution in [2.24, 2.45) is 10.8 Å². The van der Waals surface area contributed by atoms with Crippen molar-refractivity contribution in [1.29, 1.82) is 0 Å². The Balaban J connectivity index is -0.000000155. The highest BCUT2D eigenvalue weighted by atomic mass is 16.5. The summed E-state index contributed by atoms with van der Waals surface area (Å²) in [5.41, 5.74) is -3.84. The summed E-state index contributed by atoms with van der Waals surface area (Å²) >= 11 is 0. The first-order valence-corrected chi connectivity index (χ1v) is 16.1. The maximum absolute atomic E-state index is 9.87. The molecule has 0 aromatic heterocycles. The van der Waals surface area contributed by atoms with Gasteiger partial charge in [0, 0.05) is 27.9 Å². The Bertz CT molecular complexity index is 1320. The van der Waals surface area contributed by atoms with Crippen molar-refractivity contribution in [2.75, 3.05) is 52.9 Å². The molecular weight excluding hydrogens is 852 g/mol. The molecule has 0 radical (unpaired) electrons. The van der Waals surface area contributed by atoms with Gasteiger partial charge in [0.15, 0.2) is 0 Å². The molecule has 27 heteroatoms. The minimum Gasteiger partial charge on any atom is -0.481 e. The molecule has 0 spiro atoms. The van der Waals surface area contributed by atoms with E-state index in [0.717, 1.165) is 0 Å². The minimum absolute atomic E-state index is 0.141. The number of aliphatic hydroxyl groups excluding tert-OH is 6. The molecule has 0 aromatic carbocycles. The highest BCUT2D eigenvalue weighted by Crippen LogP contribution is 2.19. The SMILES string of the molecule is C=C(CC(=O)O)C(=O)O.C=C(CC(=O)O)C(=O)O.C=C(CC(=O)O)C(=O)O.C=C(CC(=O)O)C(=O)O.C=C(CC(=O)O)C(=O)O.OCC(CO)(CO)COCC(CO)(CO)CO. The van der Waals surface area contributed by atoms with Crippen LogP contribution in [0.25, 0.3) is 0 Å². The summed E-state index contributed by atoms with van der Waals surface area (Å²) in [5.74, 6) is -12.2. The van der Waals surface area contributed by atoms with Crippen molar-refractivity contribution < 1.29 is 134 Å². The van der Waals surface area contributed by atoms with E-state index in [2.05, 4.69) is 32.9 Å². The normalized spacial score (nSPS) is 9.71. The molecule has 0 aliphatic carbocycles. The number of carboxylic acid groups (broad SMARTS) is 10. The van der Waals surface area contributed by atoms with Gasteiger partial charge in [0.1, 0.15) is 0 Å². The molecule has 16 N–H and O–H groups in total. The Morgan fingerprint density at radius 2 is 0.435 bits per heavy atom. The van der Waals surface area contributed by atoms with Crippen LogP contribution in [0.2, 0.25) is 0 Å². The number of ether oxygens (including phenoxy) is 1. The predicted molar refractivity (Wildman–Crippen MR) is 203 cm³/mol. The fraction of sp³-hybridized carbons (Fsp3) is 0.429. The van der Waals surface area contributed by atoms with E-state index in [9.17, 15) is 47.9 Å². The smallest absolute Gasteiger partial charge is 0.331 e. The topological polar surface area (TPSA) is 504 Å². The van der Waals surface area contributed by atoms with E-state index in [1.54, 1.807) is 0 Å². The summed E-state index contributed by atoms with van der Waals surface area (Å²) in [6.07, 6.45) is -2.52. The minimum atomic E-state index is -1.27. The first-order valence-electron chi connectivity index (χ1n) is 16.1. The number of hydrogen-bond donors (Lipinski definition) is 16. The van der Waals surface area contributed by atoms with Crippen molar-refractivity contribution in [1.82, 2.24) is 0 Å². The Morgan fingerprint density at radius 1 is 0.306 bits per heavy atom. The van der Waals surface area contributed by atoms with Gasteiger partial charge in [-0.1, -0.05) is 32.9 Å². The number of carbonyl (C=O) groups is 10. The summed E-state index contributed by atoms with van der Waals surface area (Å²) in [6.45, 7) is 12.1. The van der Waals surface area contributed by atoms with Gasteiger partial charge in [-0.2, -0.15) is 0 Å². The van der Waals surface area contributed by atoms with Gasteiger partial charge in [-0.15, -0.1) is 0 Å². The highest BCUT2D eigenvalue weighted by Gasteiger charge is 2.33. The van der Waals surface area contributed by atoms with Gasteiger partial charge in [-0.25, -0.2) is 24.0 Å². The van der Waals surface area contributed by atoms with Crippen molar-refractivity contribution in [3.63, 3.8) is 0 Å². The lowest BCUT2D eigenvalue weighted by Gasteiger charge is -2.31. The molecule has 0 saturated heterocycles. The first kappa shape index (κ1) is 66.9. The zero-order valence-corrected chi connectivity index (χ0v) is 32.9. The van der Waals surface area contributed by atoms with Crippen LogP contribution < -0.4 is 0 Å². The second-order valence-electron chi connectivity index (χ2n) is 11.8. The van der Waals surface area contributed by atoms with Crippen LogP contribution in [0.3, 0.4) is 0 Å². The lowest BCUT2D eigenvalue weighted by atomic mass is 9.91. The lowest BCUT2D eigenvalue weighted by molar-refractivity contribution is -0.139. The number of rotatable bonds is 25. The zero-order chi connectivity index (χ0) is 50.6. The van der Waals surface area contributed by atoms with Crippen LogP contribution in [-0.2, 0) is 52.7 Å². The van der Waals surface area contributed by atoms with E-state index in [4.69, 9.17) is 86.4 Å². The van der Waals surface area contributed by atoms with E-state index < -0.39 is 142 Å². The summed E-state index contributed by atoms with van der Waals surface area (Å²) in [5, 5.41) is 135. The molecule has 0 rings (SSSR count). The first-order chi connectivity index (χ1) is 28.3. The molecule has 354 valence electrons. The second kappa shape index (κ2) is 37.1. The van der Waals surface area contributed by atoms with E-state index in [0.29, 0.717) is 0 Å².